The minimum absolute atomic E-state index is 0.145. The maximum atomic E-state index is 12.1. The van der Waals surface area contributed by atoms with Gasteiger partial charge in [0.1, 0.15) is 0 Å². The minimum atomic E-state index is -0.145. The fourth-order valence-electron chi connectivity index (χ4n) is 3.91. The van der Waals surface area contributed by atoms with Crippen LogP contribution in [0.3, 0.4) is 0 Å². The van der Waals surface area contributed by atoms with Crippen molar-refractivity contribution in [3.05, 3.63) is 48.0 Å². The molecule has 0 saturated carbocycles. The van der Waals surface area contributed by atoms with Gasteiger partial charge in [0.05, 0.1) is 29.7 Å². The molecule has 0 fully saturated rings. The number of benzene rings is 2. The lowest BCUT2D eigenvalue weighted by Crippen LogP contribution is -2.29. The predicted molar refractivity (Wildman–Crippen MR) is 135 cm³/mol. The third kappa shape index (κ3) is 6.57. The van der Waals surface area contributed by atoms with E-state index in [-0.39, 0.29) is 5.97 Å². The SMILES string of the molecule is CCCN(CCCl)CCC(=O)OCCCNc1c2ccccc2nc2ccc(CC)cc12. The van der Waals surface area contributed by atoms with E-state index in [9.17, 15) is 4.79 Å². The molecular weight excluding hydrogens is 422 g/mol. The highest BCUT2D eigenvalue weighted by Crippen LogP contribution is 2.31. The van der Waals surface area contributed by atoms with E-state index in [0.717, 1.165) is 66.4 Å². The lowest BCUT2D eigenvalue weighted by Gasteiger charge is -2.19. The molecule has 1 heterocycles. The molecule has 172 valence electrons. The maximum absolute atomic E-state index is 12.1. The molecule has 0 bridgehead atoms. The van der Waals surface area contributed by atoms with Crippen LogP contribution in [0.25, 0.3) is 21.8 Å². The van der Waals surface area contributed by atoms with Crippen LogP contribution in [-0.2, 0) is 16.0 Å². The third-order valence-corrected chi connectivity index (χ3v) is 5.78. The van der Waals surface area contributed by atoms with E-state index < -0.39 is 0 Å². The van der Waals surface area contributed by atoms with Crippen LogP contribution in [0.1, 0.15) is 38.7 Å². The van der Waals surface area contributed by atoms with Crippen molar-refractivity contribution in [2.75, 3.05) is 44.0 Å². The minimum Gasteiger partial charge on any atom is -0.466 e. The number of anilines is 1. The van der Waals surface area contributed by atoms with Crippen LogP contribution in [0.2, 0.25) is 0 Å². The Hall–Kier alpha value is -2.37. The summed E-state index contributed by atoms with van der Waals surface area (Å²) >= 11 is 5.84. The average molecular weight is 456 g/mol. The van der Waals surface area contributed by atoms with E-state index in [1.807, 2.05) is 18.2 Å². The van der Waals surface area contributed by atoms with Crippen molar-refractivity contribution in [3.8, 4) is 0 Å². The Labute approximate surface area is 196 Å². The highest BCUT2D eigenvalue weighted by Gasteiger charge is 2.10. The normalized spacial score (nSPS) is 11.4. The Kier molecular flexibility index (Phi) is 9.57. The third-order valence-electron chi connectivity index (χ3n) is 5.61. The number of aromatic nitrogens is 1. The summed E-state index contributed by atoms with van der Waals surface area (Å²) in [5, 5.41) is 5.83. The van der Waals surface area contributed by atoms with Gasteiger partial charge in [-0.2, -0.15) is 0 Å². The van der Waals surface area contributed by atoms with Crippen molar-refractivity contribution in [3.63, 3.8) is 0 Å². The second kappa shape index (κ2) is 12.6. The van der Waals surface area contributed by atoms with Gasteiger partial charge in [-0.05, 0) is 49.6 Å². The van der Waals surface area contributed by atoms with E-state index in [4.69, 9.17) is 21.3 Å². The molecular formula is C26H34ClN3O2. The number of nitrogens with one attached hydrogen (secondary N) is 1. The molecule has 0 aliphatic rings. The second-order valence-electron chi connectivity index (χ2n) is 7.99. The van der Waals surface area contributed by atoms with Crippen LogP contribution in [-0.4, -0.2) is 54.5 Å². The number of aryl methyl sites for hydroxylation is 1. The highest BCUT2D eigenvalue weighted by molar-refractivity contribution is 6.18. The number of alkyl halides is 1. The quantitative estimate of drug-likeness (QED) is 0.156. The van der Waals surface area contributed by atoms with Gasteiger partial charge in [-0.1, -0.05) is 38.1 Å². The number of nitrogens with zero attached hydrogens (tertiary/aromatic N) is 2. The van der Waals surface area contributed by atoms with Crippen LogP contribution >= 0.6 is 11.6 Å². The van der Waals surface area contributed by atoms with Crippen LogP contribution in [0.4, 0.5) is 5.69 Å². The fraction of sp³-hybridized carbons (Fsp3) is 0.462. The number of pyridine rings is 1. The molecule has 0 aliphatic carbocycles. The van der Waals surface area contributed by atoms with Crippen molar-refractivity contribution >= 4 is 45.1 Å². The zero-order valence-corrected chi connectivity index (χ0v) is 20.0. The Morgan fingerprint density at radius 2 is 1.88 bits per heavy atom. The number of fused-ring (bicyclic) bond motifs is 2. The Morgan fingerprint density at radius 1 is 1.06 bits per heavy atom. The largest absolute Gasteiger partial charge is 0.466 e. The van der Waals surface area contributed by atoms with Gasteiger partial charge in [-0.3, -0.25) is 4.79 Å². The van der Waals surface area contributed by atoms with Crippen LogP contribution in [0.15, 0.2) is 42.5 Å². The summed E-state index contributed by atoms with van der Waals surface area (Å²) in [4.78, 5) is 19.1. The van der Waals surface area contributed by atoms with Gasteiger partial charge in [0.25, 0.3) is 0 Å². The van der Waals surface area contributed by atoms with Crippen LogP contribution < -0.4 is 5.32 Å². The van der Waals surface area contributed by atoms with Gasteiger partial charge in [0, 0.05) is 36.3 Å². The summed E-state index contributed by atoms with van der Waals surface area (Å²) < 4.78 is 5.45. The van der Waals surface area contributed by atoms with Crippen molar-refractivity contribution in [1.29, 1.82) is 0 Å². The van der Waals surface area contributed by atoms with E-state index in [1.54, 1.807) is 0 Å². The number of esters is 1. The smallest absolute Gasteiger partial charge is 0.307 e. The van der Waals surface area contributed by atoms with Crippen molar-refractivity contribution in [2.45, 2.75) is 39.5 Å². The molecule has 6 heteroatoms. The number of ether oxygens (including phenoxy) is 1. The number of rotatable bonds is 13. The van der Waals surface area contributed by atoms with E-state index >= 15 is 0 Å². The first kappa shape index (κ1) is 24.3. The van der Waals surface area contributed by atoms with Crippen molar-refractivity contribution in [2.24, 2.45) is 0 Å². The molecule has 0 aliphatic heterocycles. The predicted octanol–water partition coefficient (Wildman–Crippen LogP) is 5.64. The number of hydrogen-bond donors (Lipinski definition) is 1. The summed E-state index contributed by atoms with van der Waals surface area (Å²) in [5.41, 5.74) is 4.36. The molecule has 3 aromatic rings. The summed E-state index contributed by atoms with van der Waals surface area (Å²) in [5.74, 6) is 0.437. The highest BCUT2D eigenvalue weighted by atomic mass is 35.5. The summed E-state index contributed by atoms with van der Waals surface area (Å²) in [6.07, 6.45) is 3.19. The van der Waals surface area contributed by atoms with Crippen LogP contribution in [0, 0.1) is 0 Å². The van der Waals surface area contributed by atoms with E-state index in [1.165, 1.54) is 5.56 Å². The zero-order valence-electron chi connectivity index (χ0n) is 19.2. The standard InChI is InChI=1S/C26H34ClN3O2/c1-3-15-30(17-13-27)16-12-25(31)32-18-7-14-28-26-21-8-5-6-9-23(21)29-24-11-10-20(4-2)19-22(24)26/h5-6,8-11,19H,3-4,7,12-18H2,1-2H3,(H,28,29). The summed E-state index contributed by atoms with van der Waals surface area (Å²) in [6, 6.07) is 14.7. The van der Waals surface area contributed by atoms with Crippen molar-refractivity contribution < 1.29 is 9.53 Å². The van der Waals surface area contributed by atoms with Crippen LogP contribution in [0.5, 0.6) is 0 Å². The second-order valence-corrected chi connectivity index (χ2v) is 8.37. The maximum Gasteiger partial charge on any atom is 0.307 e. The molecule has 0 spiro atoms. The monoisotopic (exact) mass is 455 g/mol. The molecule has 1 N–H and O–H groups in total. The first-order valence-electron chi connectivity index (χ1n) is 11.7. The van der Waals surface area contributed by atoms with Gasteiger partial charge < -0.3 is 15.0 Å². The first-order valence-corrected chi connectivity index (χ1v) is 12.2. The van der Waals surface area contributed by atoms with Gasteiger partial charge in [0.2, 0.25) is 0 Å². The molecule has 0 radical (unpaired) electrons. The molecule has 0 atom stereocenters. The lowest BCUT2D eigenvalue weighted by molar-refractivity contribution is -0.144. The Morgan fingerprint density at radius 3 is 2.66 bits per heavy atom. The first-order chi connectivity index (χ1) is 15.7. The summed E-state index contributed by atoms with van der Waals surface area (Å²) in [6.45, 7) is 7.89. The molecule has 0 amide bonds. The van der Waals surface area contributed by atoms with Gasteiger partial charge in [0.15, 0.2) is 0 Å². The number of halogens is 1. The molecule has 0 unspecified atom stereocenters. The molecule has 32 heavy (non-hydrogen) atoms. The summed E-state index contributed by atoms with van der Waals surface area (Å²) in [7, 11) is 0. The number of hydrogen-bond acceptors (Lipinski definition) is 5. The topological polar surface area (TPSA) is 54.5 Å². The van der Waals surface area contributed by atoms with Crippen molar-refractivity contribution in [1.82, 2.24) is 9.88 Å². The zero-order chi connectivity index (χ0) is 22.8. The lowest BCUT2D eigenvalue weighted by atomic mass is 10.0. The van der Waals surface area contributed by atoms with E-state index in [0.29, 0.717) is 25.5 Å². The van der Waals surface area contributed by atoms with Gasteiger partial charge >= 0.3 is 5.97 Å². The molecule has 2 aromatic carbocycles. The average Bonchev–Trinajstić information content (AvgIpc) is 2.81. The fourth-order valence-corrected chi connectivity index (χ4v) is 4.15. The molecule has 3 rings (SSSR count). The Balaban J connectivity index is 1.56. The number of carbonyl (C=O) groups excluding carboxylic acids is 1. The number of para-hydroxylation sites is 1. The molecule has 1 aromatic heterocycles. The molecule has 5 nitrogen and oxygen atoms in total. The van der Waals surface area contributed by atoms with E-state index in [2.05, 4.69) is 48.3 Å². The van der Waals surface area contributed by atoms with Gasteiger partial charge in [-0.25, -0.2) is 4.98 Å². The molecule has 0 saturated heterocycles. The number of carbonyl (C=O) groups is 1. The van der Waals surface area contributed by atoms with Gasteiger partial charge in [-0.15, -0.1) is 11.6 Å². The Bertz CT molecular complexity index is 1020.